The summed E-state index contributed by atoms with van der Waals surface area (Å²) in [4.78, 5) is 0. The number of hydrogen-bond donors (Lipinski definition) is 3. The Hall–Kier alpha value is -0.640. The number of hydrogen-bond acceptors (Lipinski definition) is 3. The van der Waals surface area contributed by atoms with Crippen molar-refractivity contribution >= 4 is 0 Å². The number of allylic oxidation sites excluding steroid dienone is 3. The minimum atomic E-state index is -1.20. The fraction of sp³-hybridized carbons (Fsp3) is 0.862. The average molecular weight is 445 g/mol. The molecule has 6 unspecified atom stereocenters. The summed E-state index contributed by atoms with van der Waals surface area (Å²) >= 11 is 0. The van der Waals surface area contributed by atoms with Crippen LogP contribution >= 0.6 is 0 Å². The van der Waals surface area contributed by atoms with Gasteiger partial charge in [0.2, 0.25) is 0 Å². The maximum Gasteiger partial charge on any atom is 0.102 e. The summed E-state index contributed by atoms with van der Waals surface area (Å²) in [7, 11) is 0. The Balaban J connectivity index is 1.59. The van der Waals surface area contributed by atoms with E-state index in [1.807, 2.05) is 6.08 Å². The molecular weight excluding hydrogens is 396 g/mol. The van der Waals surface area contributed by atoms with Crippen LogP contribution < -0.4 is 0 Å². The smallest absolute Gasteiger partial charge is 0.102 e. The van der Waals surface area contributed by atoms with Gasteiger partial charge in [0.05, 0.1) is 6.10 Å². The molecule has 3 saturated carbocycles. The van der Waals surface area contributed by atoms with Gasteiger partial charge in [-0.05, 0) is 79.4 Å². The van der Waals surface area contributed by atoms with Crippen molar-refractivity contribution in [3.8, 4) is 0 Å². The summed E-state index contributed by atoms with van der Waals surface area (Å²) in [6.07, 6.45) is 13.4. The highest BCUT2D eigenvalue weighted by atomic mass is 16.3. The molecule has 3 fully saturated rings. The van der Waals surface area contributed by atoms with Crippen LogP contribution in [-0.2, 0) is 0 Å². The topological polar surface area (TPSA) is 60.7 Å². The molecule has 0 aromatic rings. The molecule has 0 aliphatic heterocycles. The summed E-state index contributed by atoms with van der Waals surface area (Å²) in [5.41, 5.74) is 0.159. The summed E-state index contributed by atoms with van der Waals surface area (Å²) < 4.78 is 0. The average Bonchev–Trinajstić information content (AvgIpc) is 3.11. The van der Waals surface area contributed by atoms with Gasteiger partial charge in [0.1, 0.15) is 11.7 Å². The van der Waals surface area contributed by atoms with Crippen molar-refractivity contribution in [1.82, 2.24) is 0 Å². The van der Waals surface area contributed by atoms with E-state index in [1.165, 1.54) is 31.3 Å². The quantitative estimate of drug-likeness (QED) is 0.464. The second-order valence-corrected chi connectivity index (χ2v) is 12.7. The van der Waals surface area contributed by atoms with E-state index in [1.54, 1.807) is 0 Å². The van der Waals surface area contributed by atoms with Crippen molar-refractivity contribution in [1.29, 1.82) is 0 Å². The Bertz CT molecular complexity index is 758. The molecule has 0 aromatic heterocycles. The Morgan fingerprint density at radius 2 is 1.72 bits per heavy atom. The highest BCUT2D eigenvalue weighted by Gasteiger charge is 2.64. The largest absolute Gasteiger partial charge is 0.393 e. The van der Waals surface area contributed by atoms with Gasteiger partial charge in [-0.2, -0.15) is 0 Å². The summed E-state index contributed by atoms with van der Waals surface area (Å²) in [6, 6.07) is 0. The second-order valence-electron chi connectivity index (χ2n) is 12.7. The summed E-state index contributed by atoms with van der Waals surface area (Å²) in [5.74, 6) is 3.43. The third-order valence-electron chi connectivity index (χ3n) is 11.2. The molecule has 0 spiro atoms. The zero-order valence-electron chi connectivity index (χ0n) is 21.3. The van der Waals surface area contributed by atoms with E-state index < -0.39 is 17.8 Å². The Kier molecular flexibility index (Phi) is 6.53. The predicted octanol–water partition coefficient (Wildman–Crippen LogP) is 5.89. The molecule has 4 aliphatic rings. The molecule has 0 radical (unpaired) electrons. The molecule has 4 aliphatic carbocycles. The van der Waals surface area contributed by atoms with Gasteiger partial charge in [0, 0.05) is 11.8 Å². The number of rotatable bonds is 5. The van der Waals surface area contributed by atoms with Gasteiger partial charge >= 0.3 is 0 Å². The molecule has 0 aromatic carbocycles. The molecule has 0 heterocycles. The molecule has 182 valence electrons. The van der Waals surface area contributed by atoms with Crippen LogP contribution in [0.25, 0.3) is 0 Å². The summed E-state index contributed by atoms with van der Waals surface area (Å²) in [6.45, 7) is 14.1. The van der Waals surface area contributed by atoms with E-state index in [4.69, 9.17) is 0 Å². The van der Waals surface area contributed by atoms with E-state index in [9.17, 15) is 15.3 Å². The Labute approximate surface area is 196 Å². The van der Waals surface area contributed by atoms with Crippen LogP contribution in [0.5, 0.6) is 0 Å². The molecule has 3 heteroatoms. The minimum Gasteiger partial charge on any atom is -0.393 e. The Morgan fingerprint density at radius 3 is 2.41 bits per heavy atom. The molecule has 0 amide bonds. The fourth-order valence-corrected chi connectivity index (χ4v) is 8.50. The monoisotopic (exact) mass is 444 g/mol. The molecule has 0 saturated heterocycles. The fourth-order valence-electron chi connectivity index (χ4n) is 8.50. The standard InChI is InChI=1S/C29H48O3/c1-7-18(2)19(3)8-9-20(4)23-10-11-24-22-16-26(31)29(32)17-21(30)12-15-28(29,6)25(22)13-14-27(23,24)5/h8-9,16,18-21,23-26,30-32H,7,10-15,17H2,1-6H3/t18?,19?,20?,21?,23-,24+,25+,26?,27-,28-,29?/m1/s1. The van der Waals surface area contributed by atoms with Gasteiger partial charge in [-0.1, -0.05) is 71.8 Å². The first kappa shape index (κ1) is 24.5. The number of aliphatic hydroxyl groups excluding tert-OH is 2. The van der Waals surface area contributed by atoms with Gasteiger partial charge in [-0.3, -0.25) is 0 Å². The predicted molar refractivity (Wildman–Crippen MR) is 131 cm³/mol. The van der Waals surface area contributed by atoms with Gasteiger partial charge in [0.15, 0.2) is 0 Å². The third-order valence-corrected chi connectivity index (χ3v) is 11.2. The maximum absolute atomic E-state index is 11.6. The number of fused-ring (bicyclic) bond motifs is 5. The van der Waals surface area contributed by atoms with Crippen LogP contribution in [0.15, 0.2) is 23.8 Å². The maximum atomic E-state index is 11.6. The van der Waals surface area contributed by atoms with Crippen molar-refractivity contribution in [3.05, 3.63) is 23.8 Å². The molecule has 11 atom stereocenters. The molecular formula is C29H48O3. The molecule has 32 heavy (non-hydrogen) atoms. The molecule has 3 N–H and O–H groups in total. The highest BCUT2D eigenvalue weighted by Crippen LogP contribution is 2.67. The van der Waals surface area contributed by atoms with Crippen molar-refractivity contribution in [2.75, 3.05) is 0 Å². The van der Waals surface area contributed by atoms with Crippen LogP contribution in [0, 0.1) is 46.3 Å². The third kappa shape index (κ3) is 3.57. The Morgan fingerprint density at radius 1 is 1.00 bits per heavy atom. The van der Waals surface area contributed by atoms with E-state index in [0.717, 1.165) is 25.2 Å². The van der Waals surface area contributed by atoms with Gasteiger partial charge < -0.3 is 15.3 Å². The van der Waals surface area contributed by atoms with E-state index in [2.05, 4.69) is 53.7 Å². The number of aliphatic hydroxyl groups is 3. The first-order chi connectivity index (χ1) is 15.0. The molecule has 4 rings (SSSR count). The van der Waals surface area contributed by atoms with Crippen LogP contribution in [0.1, 0.15) is 92.9 Å². The minimum absolute atomic E-state index is 0.269. The van der Waals surface area contributed by atoms with E-state index in [-0.39, 0.29) is 10.8 Å². The van der Waals surface area contributed by atoms with Crippen LogP contribution in [0.4, 0.5) is 0 Å². The zero-order valence-corrected chi connectivity index (χ0v) is 21.3. The lowest BCUT2D eigenvalue weighted by atomic mass is 9.45. The lowest BCUT2D eigenvalue weighted by Gasteiger charge is -2.62. The SMILES string of the molecule is CCC(C)C(C)C=CC(C)[C@H]1CC[C@H]2C3=CC(O)C4(O)CC(O)CC[C@]4(C)[C@H]3CC[C@]12C. The van der Waals surface area contributed by atoms with Crippen molar-refractivity contribution < 1.29 is 15.3 Å². The first-order valence-electron chi connectivity index (χ1n) is 13.5. The second kappa shape index (κ2) is 8.54. The van der Waals surface area contributed by atoms with Crippen LogP contribution in [0.2, 0.25) is 0 Å². The summed E-state index contributed by atoms with van der Waals surface area (Å²) in [5, 5.41) is 33.0. The highest BCUT2D eigenvalue weighted by molar-refractivity contribution is 5.33. The van der Waals surface area contributed by atoms with Crippen LogP contribution in [-0.4, -0.2) is 33.1 Å². The van der Waals surface area contributed by atoms with Crippen LogP contribution in [0.3, 0.4) is 0 Å². The van der Waals surface area contributed by atoms with E-state index >= 15 is 0 Å². The molecule has 3 nitrogen and oxygen atoms in total. The van der Waals surface area contributed by atoms with Crippen molar-refractivity contribution in [2.45, 2.75) is 111 Å². The van der Waals surface area contributed by atoms with Gasteiger partial charge in [0.25, 0.3) is 0 Å². The first-order valence-corrected chi connectivity index (χ1v) is 13.5. The van der Waals surface area contributed by atoms with Crippen molar-refractivity contribution in [2.24, 2.45) is 46.3 Å². The lowest BCUT2D eigenvalue weighted by Crippen LogP contribution is -2.65. The molecule has 0 bridgehead atoms. The van der Waals surface area contributed by atoms with E-state index in [0.29, 0.717) is 36.0 Å². The lowest BCUT2D eigenvalue weighted by molar-refractivity contribution is -0.210. The van der Waals surface area contributed by atoms with Crippen molar-refractivity contribution in [3.63, 3.8) is 0 Å². The van der Waals surface area contributed by atoms with Gasteiger partial charge in [-0.15, -0.1) is 0 Å². The zero-order chi connectivity index (χ0) is 23.5. The normalized spacial score (nSPS) is 49.0. The van der Waals surface area contributed by atoms with Gasteiger partial charge in [-0.25, -0.2) is 0 Å².